The number of nitrogens with one attached hydrogen (secondary N) is 1. The Hall–Kier alpha value is -0.580. The summed E-state index contributed by atoms with van der Waals surface area (Å²) in [5.74, 6) is 0. The van der Waals surface area contributed by atoms with Crippen LogP contribution in [0.3, 0.4) is 0 Å². The van der Waals surface area contributed by atoms with Crippen LogP contribution in [-0.4, -0.2) is 36.1 Å². The lowest BCUT2D eigenvalue weighted by Gasteiger charge is -2.28. The van der Waals surface area contributed by atoms with Crippen LogP contribution in [0, 0.1) is 12.3 Å². The van der Waals surface area contributed by atoms with Gasteiger partial charge in [0.2, 0.25) is 0 Å². The molecule has 0 aromatic carbocycles. The van der Waals surface area contributed by atoms with Crippen molar-refractivity contribution in [3.63, 3.8) is 0 Å². The van der Waals surface area contributed by atoms with Gasteiger partial charge >= 0.3 is 0 Å². The van der Waals surface area contributed by atoms with Gasteiger partial charge in [-0.2, -0.15) is 5.10 Å². The average molecular weight is 286 g/mol. The lowest BCUT2D eigenvalue weighted by atomic mass is 9.82. The fourth-order valence-electron chi connectivity index (χ4n) is 2.77. The Morgan fingerprint density at radius 1 is 1.47 bits per heavy atom. The second-order valence-corrected chi connectivity index (χ2v) is 5.80. The fraction of sp³-hybridized carbons (Fsp3) is 0.786. The van der Waals surface area contributed by atoms with Crippen LogP contribution < -0.4 is 5.32 Å². The van der Waals surface area contributed by atoms with E-state index in [2.05, 4.69) is 24.3 Å². The molecule has 1 N–H and O–H groups in total. The molecule has 1 aliphatic heterocycles. The van der Waals surface area contributed by atoms with E-state index < -0.39 is 0 Å². The molecule has 19 heavy (non-hydrogen) atoms. The summed E-state index contributed by atoms with van der Waals surface area (Å²) in [6.07, 6.45) is 2.03. The van der Waals surface area contributed by atoms with E-state index in [9.17, 15) is 0 Å². The Bertz CT molecular complexity index is 425. The molecular formula is C14H24ClN3O. The smallest absolute Gasteiger partial charge is 0.0847 e. The predicted octanol–water partition coefficient (Wildman–Crippen LogP) is 2.42. The number of ether oxygens (including phenoxy) is 1. The first kappa shape index (κ1) is 14.8. The maximum atomic E-state index is 6.42. The molecular weight excluding hydrogens is 262 g/mol. The van der Waals surface area contributed by atoms with Crippen LogP contribution >= 0.6 is 11.6 Å². The second kappa shape index (κ2) is 6.25. The average Bonchev–Trinajstić information content (AvgIpc) is 2.97. The summed E-state index contributed by atoms with van der Waals surface area (Å²) in [5, 5.41) is 8.79. The molecule has 5 heteroatoms. The van der Waals surface area contributed by atoms with Gasteiger partial charge in [0.25, 0.3) is 0 Å². The van der Waals surface area contributed by atoms with Gasteiger partial charge in [-0.05, 0) is 33.2 Å². The molecule has 0 saturated carbocycles. The molecule has 1 aromatic rings. The van der Waals surface area contributed by atoms with Gasteiger partial charge in [-0.3, -0.25) is 4.68 Å². The third kappa shape index (κ3) is 3.12. The number of hydrogen-bond acceptors (Lipinski definition) is 3. The Labute approximate surface area is 120 Å². The molecule has 0 amide bonds. The third-order valence-electron chi connectivity index (χ3n) is 3.93. The van der Waals surface area contributed by atoms with E-state index >= 15 is 0 Å². The minimum absolute atomic E-state index is 0.166. The van der Waals surface area contributed by atoms with Gasteiger partial charge in [-0.15, -0.1) is 0 Å². The highest BCUT2D eigenvalue weighted by Crippen LogP contribution is 2.35. The largest absolute Gasteiger partial charge is 0.381 e. The van der Waals surface area contributed by atoms with Crippen molar-refractivity contribution in [1.82, 2.24) is 15.1 Å². The quantitative estimate of drug-likeness (QED) is 0.872. The molecule has 108 valence electrons. The van der Waals surface area contributed by atoms with Crippen LogP contribution in [0.4, 0.5) is 0 Å². The van der Waals surface area contributed by atoms with Crippen molar-refractivity contribution in [2.75, 3.05) is 26.3 Å². The van der Waals surface area contributed by atoms with Crippen molar-refractivity contribution in [2.24, 2.45) is 5.41 Å². The molecule has 4 nitrogen and oxygen atoms in total. The Morgan fingerprint density at radius 2 is 2.26 bits per heavy atom. The molecule has 0 radical (unpaired) electrons. The number of rotatable bonds is 6. The predicted molar refractivity (Wildman–Crippen MR) is 77.8 cm³/mol. The first-order valence-electron chi connectivity index (χ1n) is 7.12. The zero-order valence-electron chi connectivity index (χ0n) is 12.1. The molecule has 1 unspecified atom stereocenters. The summed E-state index contributed by atoms with van der Waals surface area (Å²) in [6, 6.07) is 0. The van der Waals surface area contributed by atoms with Gasteiger partial charge in [0.05, 0.1) is 23.0 Å². The summed E-state index contributed by atoms with van der Waals surface area (Å²) in [4.78, 5) is 0. The van der Waals surface area contributed by atoms with Crippen molar-refractivity contribution < 1.29 is 4.74 Å². The number of aryl methyl sites for hydroxylation is 2. The number of nitrogens with zero attached hydrogens (tertiary/aromatic N) is 2. The van der Waals surface area contributed by atoms with Gasteiger partial charge in [0.1, 0.15) is 0 Å². The Kier molecular flexibility index (Phi) is 4.87. The van der Waals surface area contributed by atoms with E-state index in [0.717, 1.165) is 62.1 Å². The summed E-state index contributed by atoms with van der Waals surface area (Å²) >= 11 is 6.42. The van der Waals surface area contributed by atoms with E-state index in [4.69, 9.17) is 16.3 Å². The first-order valence-corrected chi connectivity index (χ1v) is 7.50. The van der Waals surface area contributed by atoms with Crippen LogP contribution in [0.25, 0.3) is 0 Å². The highest BCUT2D eigenvalue weighted by Gasteiger charge is 2.36. The first-order chi connectivity index (χ1) is 9.12. The monoisotopic (exact) mass is 285 g/mol. The summed E-state index contributed by atoms with van der Waals surface area (Å²) in [5.41, 5.74) is 2.25. The van der Waals surface area contributed by atoms with Crippen LogP contribution in [0.1, 0.15) is 31.7 Å². The lowest BCUT2D eigenvalue weighted by Crippen LogP contribution is -2.37. The third-order valence-corrected chi connectivity index (χ3v) is 4.42. The zero-order valence-corrected chi connectivity index (χ0v) is 12.9. The van der Waals surface area contributed by atoms with E-state index in [1.807, 2.05) is 11.6 Å². The number of aromatic nitrogens is 2. The van der Waals surface area contributed by atoms with Crippen molar-refractivity contribution in [1.29, 1.82) is 0 Å². The van der Waals surface area contributed by atoms with E-state index in [-0.39, 0.29) is 5.41 Å². The Morgan fingerprint density at radius 3 is 2.84 bits per heavy atom. The lowest BCUT2D eigenvalue weighted by molar-refractivity contribution is 0.148. The second-order valence-electron chi connectivity index (χ2n) is 5.42. The van der Waals surface area contributed by atoms with Crippen LogP contribution in [0.15, 0.2) is 0 Å². The molecule has 2 rings (SSSR count). The molecule has 2 heterocycles. The van der Waals surface area contributed by atoms with Crippen molar-refractivity contribution in [2.45, 2.75) is 40.2 Å². The van der Waals surface area contributed by atoms with Crippen LogP contribution in [0.2, 0.25) is 5.02 Å². The number of halogens is 1. The molecule has 1 aliphatic rings. The van der Waals surface area contributed by atoms with Gasteiger partial charge in [0, 0.05) is 25.1 Å². The number of hydrogen-bond donors (Lipinski definition) is 1. The molecule has 1 aromatic heterocycles. The molecule has 1 saturated heterocycles. The van der Waals surface area contributed by atoms with Crippen molar-refractivity contribution in [3.8, 4) is 0 Å². The van der Waals surface area contributed by atoms with E-state index in [1.165, 1.54) is 0 Å². The fourth-order valence-corrected chi connectivity index (χ4v) is 2.98. The summed E-state index contributed by atoms with van der Waals surface area (Å²) in [7, 11) is 0. The molecule has 1 atom stereocenters. The normalized spacial score (nSPS) is 23.2. The van der Waals surface area contributed by atoms with Gasteiger partial charge in [-0.1, -0.05) is 18.5 Å². The van der Waals surface area contributed by atoms with Crippen LogP contribution in [-0.2, 0) is 17.7 Å². The highest BCUT2D eigenvalue weighted by molar-refractivity contribution is 6.31. The van der Waals surface area contributed by atoms with E-state index in [0.29, 0.717) is 0 Å². The standard InChI is InChI=1S/C14H24ClN3O/c1-4-16-9-14(6-7-19-10-14)8-12-13(15)11(3)17-18(12)5-2/h16H,4-10H2,1-3H3. The topological polar surface area (TPSA) is 39.1 Å². The van der Waals surface area contributed by atoms with Gasteiger partial charge < -0.3 is 10.1 Å². The molecule has 1 fully saturated rings. The molecule has 0 aliphatic carbocycles. The van der Waals surface area contributed by atoms with Gasteiger partial charge in [0.15, 0.2) is 0 Å². The molecule has 0 spiro atoms. The minimum Gasteiger partial charge on any atom is -0.381 e. The van der Waals surface area contributed by atoms with Crippen molar-refractivity contribution in [3.05, 3.63) is 16.4 Å². The zero-order chi connectivity index (χ0) is 13.9. The Balaban J connectivity index is 2.21. The SMILES string of the molecule is CCNCC1(Cc2c(Cl)c(C)nn2CC)CCOC1. The maximum Gasteiger partial charge on any atom is 0.0847 e. The maximum absolute atomic E-state index is 6.42. The summed E-state index contributed by atoms with van der Waals surface area (Å²) in [6.45, 7) is 10.7. The van der Waals surface area contributed by atoms with Gasteiger partial charge in [-0.25, -0.2) is 0 Å². The highest BCUT2D eigenvalue weighted by atomic mass is 35.5. The minimum atomic E-state index is 0.166. The van der Waals surface area contributed by atoms with Crippen molar-refractivity contribution >= 4 is 11.6 Å². The van der Waals surface area contributed by atoms with E-state index in [1.54, 1.807) is 0 Å². The molecule has 0 bridgehead atoms. The van der Waals surface area contributed by atoms with Crippen LogP contribution in [0.5, 0.6) is 0 Å². The summed E-state index contributed by atoms with van der Waals surface area (Å²) < 4.78 is 7.67.